The third-order valence-electron chi connectivity index (χ3n) is 5.73. The summed E-state index contributed by atoms with van der Waals surface area (Å²) in [6.07, 6.45) is 6.68. The van der Waals surface area contributed by atoms with Gasteiger partial charge in [-0.2, -0.15) is 5.10 Å². The highest BCUT2D eigenvalue weighted by atomic mass is 35.5. The van der Waals surface area contributed by atoms with Crippen LogP contribution >= 0.6 is 11.6 Å². The number of nitrogens with zero attached hydrogens (tertiary/aromatic N) is 3. The van der Waals surface area contributed by atoms with Gasteiger partial charge in [0.1, 0.15) is 5.02 Å². The van der Waals surface area contributed by atoms with Gasteiger partial charge in [-0.3, -0.25) is 15.6 Å². The summed E-state index contributed by atoms with van der Waals surface area (Å²) in [5.74, 6) is 1.46. The first kappa shape index (κ1) is 19.0. The second kappa shape index (κ2) is 8.35. The van der Waals surface area contributed by atoms with Crippen LogP contribution in [-0.2, 0) is 4.79 Å². The molecule has 1 aromatic carbocycles. The van der Waals surface area contributed by atoms with Crippen LogP contribution in [0.5, 0.6) is 0 Å². The number of aryl methyl sites for hydroxylation is 1. The van der Waals surface area contributed by atoms with E-state index in [1.807, 2.05) is 0 Å². The van der Waals surface area contributed by atoms with Gasteiger partial charge in [-0.05, 0) is 55.6 Å². The van der Waals surface area contributed by atoms with Crippen molar-refractivity contribution in [3.63, 3.8) is 0 Å². The quantitative estimate of drug-likeness (QED) is 0.716. The number of amides is 1. The number of nitrogens with one attached hydrogen (secondary N) is 2. The van der Waals surface area contributed by atoms with Crippen molar-refractivity contribution in [1.82, 2.24) is 15.6 Å². The lowest BCUT2D eigenvalue weighted by molar-refractivity contribution is -0.120. The van der Waals surface area contributed by atoms with Crippen molar-refractivity contribution in [1.29, 1.82) is 0 Å². The first-order valence-electron chi connectivity index (χ1n) is 9.98. The Kier molecular flexibility index (Phi) is 5.67. The van der Waals surface area contributed by atoms with Gasteiger partial charge in [-0.1, -0.05) is 35.9 Å². The minimum Gasteiger partial charge on any atom is -0.369 e. The van der Waals surface area contributed by atoms with Crippen LogP contribution in [0.3, 0.4) is 0 Å². The number of aromatic nitrogens is 2. The van der Waals surface area contributed by atoms with E-state index in [2.05, 4.69) is 57.1 Å². The van der Waals surface area contributed by atoms with E-state index in [0.29, 0.717) is 29.1 Å². The van der Waals surface area contributed by atoms with Gasteiger partial charge < -0.3 is 4.90 Å². The van der Waals surface area contributed by atoms with Crippen molar-refractivity contribution in [3.05, 3.63) is 46.6 Å². The number of carbonyl (C=O) groups is 1. The van der Waals surface area contributed by atoms with Gasteiger partial charge in [0.25, 0.3) is 0 Å². The number of piperidine rings is 1. The van der Waals surface area contributed by atoms with E-state index in [9.17, 15) is 4.79 Å². The van der Waals surface area contributed by atoms with E-state index in [0.717, 1.165) is 44.5 Å². The minimum atomic E-state index is -0.0372. The molecule has 148 valence electrons. The van der Waals surface area contributed by atoms with Crippen molar-refractivity contribution in [2.45, 2.75) is 44.9 Å². The molecule has 0 bridgehead atoms. The first-order valence-corrected chi connectivity index (χ1v) is 10.4. The zero-order chi connectivity index (χ0) is 19.5. The summed E-state index contributed by atoms with van der Waals surface area (Å²) in [5, 5.41) is 8.61. The van der Waals surface area contributed by atoms with E-state index in [-0.39, 0.29) is 5.91 Å². The van der Waals surface area contributed by atoms with Crippen molar-refractivity contribution in [2.75, 3.05) is 23.4 Å². The first-order chi connectivity index (χ1) is 13.6. The number of anilines is 2. The van der Waals surface area contributed by atoms with Crippen LogP contribution in [0.15, 0.2) is 30.5 Å². The van der Waals surface area contributed by atoms with Crippen LogP contribution in [0.25, 0.3) is 0 Å². The highest BCUT2D eigenvalue weighted by Crippen LogP contribution is 2.36. The summed E-state index contributed by atoms with van der Waals surface area (Å²) >= 11 is 6.56. The average Bonchev–Trinajstić information content (AvgIpc) is 3.52. The Morgan fingerprint density at radius 3 is 2.68 bits per heavy atom. The van der Waals surface area contributed by atoms with Crippen LogP contribution in [0, 0.1) is 12.8 Å². The molecule has 0 spiro atoms. The molecule has 7 heteroatoms. The standard InChI is InChI=1S/C21H26ClN5O/c1-14-4-2-3-5-17(14)16-8-10-27(11-9-16)18-13-23-25-21(20(18)22)26-24-19(28)12-15-6-7-15/h2-5,13,15-16H,6-12H2,1H3,(H,24,28)(H,25,26). The molecule has 0 atom stereocenters. The number of benzene rings is 1. The fourth-order valence-corrected chi connectivity index (χ4v) is 4.16. The second-order valence-corrected chi connectivity index (χ2v) is 8.21. The molecule has 4 rings (SSSR count). The Bertz CT molecular complexity index is 846. The molecule has 1 aliphatic heterocycles. The highest BCUT2D eigenvalue weighted by molar-refractivity contribution is 6.35. The van der Waals surface area contributed by atoms with Gasteiger partial charge >= 0.3 is 0 Å². The van der Waals surface area contributed by atoms with Gasteiger partial charge in [0.2, 0.25) is 5.91 Å². The van der Waals surface area contributed by atoms with Gasteiger partial charge in [0, 0.05) is 19.5 Å². The normalized spacial score (nSPS) is 17.4. The maximum Gasteiger partial charge on any atom is 0.238 e. The zero-order valence-corrected chi connectivity index (χ0v) is 16.9. The molecule has 1 amide bonds. The third kappa shape index (κ3) is 4.38. The lowest BCUT2D eigenvalue weighted by Gasteiger charge is -2.34. The molecule has 28 heavy (non-hydrogen) atoms. The number of hydrogen-bond donors (Lipinski definition) is 2. The number of rotatable bonds is 6. The fourth-order valence-electron chi connectivity index (χ4n) is 3.90. The molecule has 0 radical (unpaired) electrons. The molecule has 1 aliphatic carbocycles. The van der Waals surface area contributed by atoms with Crippen LogP contribution < -0.4 is 15.8 Å². The lowest BCUT2D eigenvalue weighted by Crippen LogP contribution is -2.34. The van der Waals surface area contributed by atoms with Crippen LogP contribution in [-0.4, -0.2) is 29.2 Å². The maximum atomic E-state index is 11.9. The number of halogens is 1. The Morgan fingerprint density at radius 1 is 1.21 bits per heavy atom. The van der Waals surface area contributed by atoms with E-state index in [1.54, 1.807) is 6.20 Å². The van der Waals surface area contributed by atoms with E-state index >= 15 is 0 Å². The zero-order valence-electron chi connectivity index (χ0n) is 16.1. The summed E-state index contributed by atoms with van der Waals surface area (Å²) in [4.78, 5) is 14.1. The average molecular weight is 400 g/mol. The van der Waals surface area contributed by atoms with E-state index < -0.39 is 0 Å². The van der Waals surface area contributed by atoms with Crippen LogP contribution in [0.1, 0.15) is 49.1 Å². The molecule has 1 aromatic heterocycles. The van der Waals surface area contributed by atoms with Gasteiger partial charge in [0.05, 0.1) is 11.9 Å². The van der Waals surface area contributed by atoms with Gasteiger partial charge in [-0.15, -0.1) is 5.10 Å². The molecular weight excluding hydrogens is 374 g/mol. The van der Waals surface area contributed by atoms with Gasteiger partial charge in [0.15, 0.2) is 5.82 Å². The van der Waals surface area contributed by atoms with Crippen molar-refractivity contribution in [2.24, 2.45) is 5.92 Å². The fraction of sp³-hybridized carbons (Fsp3) is 0.476. The molecule has 2 fully saturated rings. The Balaban J connectivity index is 1.38. The lowest BCUT2D eigenvalue weighted by atomic mass is 9.87. The summed E-state index contributed by atoms with van der Waals surface area (Å²) in [6, 6.07) is 8.63. The minimum absolute atomic E-state index is 0.0372. The summed E-state index contributed by atoms with van der Waals surface area (Å²) in [5.41, 5.74) is 9.18. The monoisotopic (exact) mass is 399 g/mol. The van der Waals surface area contributed by atoms with Crippen molar-refractivity contribution < 1.29 is 4.79 Å². The summed E-state index contributed by atoms with van der Waals surface area (Å²) in [7, 11) is 0. The molecule has 2 heterocycles. The Hall–Kier alpha value is -2.34. The van der Waals surface area contributed by atoms with E-state index in [1.165, 1.54) is 11.1 Å². The number of hydrogen-bond acceptors (Lipinski definition) is 5. The van der Waals surface area contributed by atoms with Crippen LogP contribution in [0.4, 0.5) is 11.5 Å². The van der Waals surface area contributed by atoms with Crippen molar-refractivity contribution >= 4 is 29.0 Å². The highest BCUT2D eigenvalue weighted by Gasteiger charge is 2.26. The third-order valence-corrected chi connectivity index (χ3v) is 6.10. The largest absolute Gasteiger partial charge is 0.369 e. The second-order valence-electron chi connectivity index (χ2n) is 7.83. The number of hydrazine groups is 1. The van der Waals surface area contributed by atoms with E-state index in [4.69, 9.17) is 11.6 Å². The molecular formula is C21H26ClN5O. The van der Waals surface area contributed by atoms with Crippen molar-refractivity contribution in [3.8, 4) is 0 Å². The van der Waals surface area contributed by atoms with Gasteiger partial charge in [-0.25, -0.2) is 0 Å². The summed E-state index contributed by atoms with van der Waals surface area (Å²) in [6.45, 7) is 4.01. The predicted molar refractivity (Wildman–Crippen MR) is 112 cm³/mol. The van der Waals surface area contributed by atoms with Crippen LogP contribution in [0.2, 0.25) is 5.02 Å². The number of carbonyl (C=O) groups excluding carboxylic acids is 1. The smallest absolute Gasteiger partial charge is 0.238 e. The molecule has 1 saturated carbocycles. The SMILES string of the molecule is Cc1ccccc1C1CCN(c2cnnc(NNC(=O)CC3CC3)c2Cl)CC1. The molecule has 6 nitrogen and oxygen atoms in total. The molecule has 2 aliphatic rings. The topological polar surface area (TPSA) is 70.2 Å². The molecule has 2 aromatic rings. The molecule has 2 N–H and O–H groups in total. The predicted octanol–water partition coefficient (Wildman–Crippen LogP) is 4.07. The molecule has 0 unspecified atom stereocenters. The molecule has 1 saturated heterocycles. The summed E-state index contributed by atoms with van der Waals surface area (Å²) < 4.78 is 0. The Morgan fingerprint density at radius 2 is 1.96 bits per heavy atom. The Labute approximate surface area is 170 Å². The maximum absolute atomic E-state index is 11.9.